The molecule has 0 aliphatic carbocycles. The molecule has 3 aromatic rings. The molecule has 0 unspecified atom stereocenters. The average Bonchev–Trinajstić information content (AvgIpc) is 2.97. The molecule has 0 bridgehead atoms. The van der Waals surface area contributed by atoms with Gasteiger partial charge in [-0.05, 0) is 35.0 Å². The average molecular weight is 500 g/mol. The molecule has 9 nitrogen and oxygen atoms in total. The van der Waals surface area contributed by atoms with Gasteiger partial charge >= 0.3 is 6.18 Å². The summed E-state index contributed by atoms with van der Waals surface area (Å²) in [6.45, 7) is 0.828. The van der Waals surface area contributed by atoms with Gasteiger partial charge < -0.3 is 10.1 Å². The van der Waals surface area contributed by atoms with Gasteiger partial charge in [0.15, 0.2) is 5.69 Å². The first-order valence-electron chi connectivity index (χ1n) is 8.52. The number of nitro groups is 1. The molecule has 3 rings (SSSR count). The van der Waals surface area contributed by atoms with Crippen molar-refractivity contribution in [2.24, 2.45) is 0 Å². The van der Waals surface area contributed by atoms with E-state index in [2.05, 4.69) is 31.3 Å². The SMILES string of the molecule is Cc1c(Br)c(C(F)(F)F)nn1CC(=O)Nc1cc(Oc2cccnc2)cc([N+](=O)[O-])c1. The highest BCUT2D eigenvalue weighted by Crippen LogP contribution is 2.35. The van der Waals surface area contributed by atoms with E-state index >= 15 is 0 Å². The highest BCUT2D eigenvalue weighted by atomic mass is 79.9. The zero-order valence-corrected chi connectivity index (χ0v) is 17.3. The third-order valence-electron chi connectivity index (χ3n) is 3.95. The topological polar surface area (TPSA) is 112 Å². The molecule has 0 spiro atoms. The number of hydrogen-bond donors (Lipinski definition) is 1. The molecule has 0 atom stereocenters. The van der Waals surface area contributed by atoms with Gasteiger partial charge in [-0.15, -0.1) is 0 Å². The van der Waals surface area contributed by atoms with E-state index in [0.29, 0.717) is 5.75 Å². The summed E-state index contributed by atoms with van der Waals surface area (Å²) in [6, 6.07) is 6.79. The molecule has 0 aliphatic heterocycles. The minimum atomic E-state index is -4.69. The maximum atomic E-state index is 13.0. The Labute approximate surface area is 181 Å². The summed E-state index contributed by atoms with van der Waals surface area (Å²) in [5, 5.41) is 17.0. The first-order valence-corrected chi connectivity index (χ1v) is 9.31. The molecule has 0 fully saturated rings. The van der Waals surface area contributed by atoms with Crippen LogP contribution in [0.4, 0.5) is 24.5 Å². The molecule has 0 saturated carbocycles. The second kappa shape index (κ2) is 8.71. The van der Waals surface area contributed by atoms with Gasteiger partial charge in [0.25, 0.3) is 5.69 Å². The third kappa shape index (κ3) is 5.36. The summed E-state index contributed by atoms with van der Waals surface area (Å²) in [6.07, 6.45) is -1.77. The van der Waals surface area contributed by atoms with Crippen molar-refractivity contribution < 1.29 is 27.6 Å². The first-order chi connectivity index (χ1) is 14.5. The normalized spacial score (nSPS) is 11.3. The second-order valence-corrected chi connectivity index (χ2v) is 7.01. The second-order valence-electron chi connectivity index (χ2n) is 6.22. The molecular formula is C18H13BrF3N5O4. The number of aromatic nitrogens is 3. The van der Waals surface area contributed by atoms with Crippen molar-refractivity contribution in [1.29, 1.82) is 0 Å². The van der Waals surface area contributed by atoms with Crippen molar-refractivity contribution in [1.82, 2.24) is 14.8 Å². The number of benzene rings is 1. The predicted molar refractivity (Wildman–Crippen MR) is 106 cm³/mol. The van der Waals surface area contributed by atoms with Crippen molar-refractivity contribution >= 4 is 33.2 Å². The number of nitrogens with one attached hydrogen (secondary N) is 1. The predicted octanol–water partition coefficient (Wildman–Crippen LogP) is 4.71. The van der Waals surface area contributed by atoms with Crippen LogP contribution in [0.5, 0.6) is 11.5 Å². The molecule has 0 saturated heterocycles. The lowest BCUT2D eigenvalue weighted by molar-refractivity contribution is -0.384. The number of alkyl halides is 3. The molecule has 2 heterocycles. The van der Waals surface area contributed by atoms with E-state index in [4.69, 9.17) is 4.74 Å². The summed E-state index contributed by atoms with van der Waals surface area (Å²) in [5.74, 6) is -0.355. The number of nitrogens with zero attached hydrogens (tertiary/aromatic N) is 4. The van der Waals surface area contributed by atoms with E-state index in [-0.39, 0.29) is 27.3 Å². The number of anilines is 1. The van der Waals surface area contributed by atoms with Crippen molar-refractivity contribution in [3.8, 4) is 11.5 Å². The van der Waals surface area contributed by atoms with Gasteiger partial charge in [0.2, 0.25) is 5.91 Å². The number of carbonyl (C=O) groups excluding carboxylic acids is 1. The number of non-ortho nitro benzene ring substituents is 1. The van der Waals surface area contributed by atoms with E-state index in [1.54, 1.807) is 12.1 Å². The van der Waals surface area contributed by atoms with E-state index < -0.39 is 29.2 Å². The number of hydrogen-bond acceptors (Lipinski definition) is 6. The maximum absolute atomic E-state index is 13.0. The number of ether oxygens (including phenoxy) is 1. The Balaban J connectivity index is 1.82. The molecule has 1 amide bonds. The molecule has 0 radical (unpaired) electrons. The maximum Gasteiger partial charge on any atom is 0.436 e. The monoisotopic (exact) mass is 499 g/mol. The van der Waals surface area contributed by atoms with Crippen LogP contribution in [0.25, 0.3) is 0 Å². The number of pyridine rings is 1. The smallest absolute Gasteiger partial charge is 0.436 e. The van der Waals surface area contributed by atoms with E-state index in [1.165, 1.54) is 25.4 Å². The minimum absolute atomic E-state index is 0.0259. The van der Waals surface area contributed by atoms with E-state index in [1.807, 2.05) is 0 Å². The number of carbonyl (C=O) groups is 1. The lowest BCUT2D eigenvalue weighted by atomic mass is 10.2. The van der Waals surface area contributed by atoms with Crippen LogP contribution in [0.1, 0.15) is 11.4 Å². The Hall–Kier alpha value is -3.48. The van der Waals surface area contributed by atoms with Gasteiger partial charge in [0.1, 0.15) is 18.0 Å². The van der Waals surface area contributed by atoms with Crippen LogP contribution in [-0.4, -0.2) is 25.6 Å². The Kier molecular flexibility index (Phi) is 6.24. The van der Waals surface area contributed by atoms with Gasteiger partial charge in [-0.3, -0.25) is 24.6 Å². The Morgan fingerprint density at radius 3 is 2.65 bits per heavy atom. The first kappa shape index (κ1) is 22.2. The summed E-state index contributed by atoms with van der Waals surface area (Å²) in [5.41, 5.74) is -1.38. The molecule has 2 aromatic heterocycles. The minimum Gasteiger partial charge on any atom is -0.455 e. The largest absolute Gasteiger partial charge is 0.455 e. The van der Waals surface area contributed by atoms with Crippen LogP contribution in [0.3, 0.4) is 0 Å². The van der Waals surface area contributed by atoms with Crippen LogP contribution < -0.4 is 10.1 Å². The quantitative estimate of drug-likeness (QED) is 0.388. The molecule has 1 N–H and O–H groups in total. The fraction of sp³-hybridized carbons (Fsp3) is 0.167. The third-order valence-corrected chi connectivity index (χ3v) is 4.90. The van der Waals surface area contributed by atoms with Crippen molar-refractivity contribution in [3.63, 3.8) is 0 Å². The molecular weight excluding hydrogens is 487 g/mol. The number of nitro benzene ring substituents is 1. The zero-order chi connectivity index (χ0) is 22.8. The lowest BCUT2D eigenvalue weighted by Gasteiger charge is -2.10. The molecule has 13 heteroatoms. The fourth-order valence-corrected chi connectivity index (χ4v) is 3.07. The number of rotatable bonds is 6. The van der Waals surface area contributed by atoms with E-state index in [9.17, 15) is 28.1 Å². The van der Waals surface area contributed by atoms with Gasteiger partial charge in [-0.1, -0.05) is 0 Å². The summed E-state index contributed by atoms with van der Waals surface area (Å²) >= 11 is 2.83. The lowest BCUT2D eigenvalue weighted by Crippen LogP contribution is -2.21. The highest BCUT2D eigenvalue weighted by molar-refractivity contribution is 9.10. The van der Waals surface area contributed by atoms with Gasteiger partial charge in [0.05, 0.1) is 33.0 Å². The van der Waals surface area contributed by atoms with Crippen molar-refractivity contribution in [2.45, 2.75) is 19.6 Å². The Morgan fingerprint density at radius 2 is 2.06 bits per heavy atom. The van der Waals surface area contributed by atoms with Crippen LogP contribution in [0.2, 0.25) is 0 Å². The summed E-state index contributed by atoms with van der Waals surface area (Å²) in [7, 11) is 0. The summed E-state index contributed by atoms with van der Waals surface area (Å²) in [4.78, 5) is 26.8. The Morgan fingerprint density at radius 1 is 1.32 bits per heavy atom. The van der Waals surface area contributed by atoms with Crippen molar-refractivity contribution in [2.75, 3.05) is 5.32 Å². The van der Waals surface area contributed by atoms with Crippen LogP contribution >= 0.6 is 15.9 Å². The van der Waals surface area contributed by atoms with E-state index in [0.717, 1.165) is 16.8 Å². The van der Waals surface area contributed by atoms with Gasteiger partial charge in [-0.2, -0.15) is 18.3 Å². The van der Waals surface area contributed by atoms with Gasteiger partial charge in [0, 0.05) is 18.3 Å². The van der Waals surface area contributed by atoms with Crippen LogP contribution in [0.15, 0.2) is 47.2 Å². The Bertz CT molecular complexity index is 1140. The van der Waals surface area contributed by atoms with Crippen LogP contribution in [0, 0.1) is 17.0 Å². The molecule has 1 aromatic carbocycles. The number of halogens is 4. The summed E-state index contributed by atoms with van der Waals surface area (Å²) < 4.78 is 45.1. The standard InChI is InChI=1S/C18H13BrF3N5O4/c1-10-16(19)17(18(20,21)22)25-26(10)9-15(28)24-11-5-12(27(29)30)7-14(6-11)31-13-3-2-4-23-8-13/h2-8H,9H2,1H3,(H,24,28). The zero-order valence-electron chi connectivity index (χ0n) is 15.7. The molecule has 31 heavy (non-hydrogen) atoms. The molecule has 0 aliphatic rings. The molecule has 162 valence electrons. The number of amides is 1. The fourth-order valence-electron chi connectivity index (χ4n) is 2.56. The van der Waals surface area contributed by atoms with Crippen LogP contribution in [-0.2, 0) is 17.5 Å². The highest BCUT2D eigenvalue weighted by Gasteiger charge is 2.38. The van der Waals surface area contributed by atoms with Crippen molar-refractivity contribution in [3.05, 3.63) is 68.7 Å². The van der Waals surface area contributed by atoms with Gasteiger partial charge in [-0.25, -0.2) is 0 Å².